The molecule has 1 rings (SSSR count). The lowest BCUT2D eigenvalue weighted by Crippen LogP contribution is -2.29. The van der Waals surface area contributed by atoms with Crippen LogP contribution < -0.4 is 5.32 Å². The maximum absolute atomic E-state index is 10.8. The zero-order chi connectivity index (χ0) is 12.5. The summed E-state index contributed by atoms with van der Waals surface area (Å²) in [5, 5.41) is 20.9. The summed E-state index contributed by atoms with van der Waals surface area (Å²) in [6.07, 6.45) is 6.85. The van der Waals surface area contributed by atoms with Crippen LogP contribution in [-0.2, 0) is 4.79 Å². The van der Waals surface area contributed by atoms with E-state index in [9.17, 15) is 4.79 Å². The van der Waals surface area contributed by atoms with Gasteiger partial charge in [-0.15, -0.1) is 0 Å². The fourth-order valence-corrected chi connectivity index (χ4v) is 2.46. The third-order valence-corrected chi connectivity index (χ3v) is 3.64. The predicted molar refractivity (Wildman–Crippen MR) is 66.9 cm³/mol. The zero-order valence-corrected chi connectivity index (χ0v) is 10.5. The number of aliphatic hydroxyl groups excluding tert-OH is 1. The van der Waals surface area contributed by atoms with Gasteiger partial charge >= 0.3 is 5.97 Å². The third-order valence-electron chi connectivity index (χ3n) is 3.64. The van der Waals surface area contributed by atoms with Crippen LogP contribution >= 0.6 is 0 Å². The molecule has 0 atom stereocenters. The second-order valence-electron chi connectivity index (χ2n) is 5.04. The molecule has 3 N–H and O–H groups in total. The molecule has 1 aliphatic rings. The fourth-order valence-electron chi connectivity index (χ4n) is 2.46. The summed E-state index contributed by atoms with van der Waals surface area (Å²) >= 11 is 0. The van der Waals surface area contributed by atoms with Crippen LogP contribution in [0.25, 0.3) is 0 Å². The van der Waals surface area contributed by atoms with Crippen LogP contribution in [0.3, 0.4) is 0 Å². The first kappa shape index (κ1) is 14.5. The van der Waals surface area contributed by atoms with E-state index >= 15 is 0 Å². The monoisotopic (exact) mass is 243 g/mol. The lowest BCUT2D eigenvalue weighted by molar-refractivity contribution is -0.143. The van der Waals surface area contributed by atoms with Gasteiger partial charge in [-0.05, 0) is 64.0 Å². The highest BCUT2D eigenvalue weighted by Gasteiger charge is 2.25. The topological polar surface area (TPSA) is 69.6 Å². The summed E-state index contributed by atoms with van der Waals surface area (Å²) in [6, 6.07) is 0. The Hall–Kier alpha value is -0.610. The van der Waals surface area contributed by atoms with Crippen molar-refractivity contribution in [3.8, 4) is 0 Å². The minimum Gasteiger partial charge on any atom is -0.481 e. The molecule has 0 heterocycles. The highest BCUT2D eigenvalue weighted by atomic mass is 16.4. The van der Waals surface area contributed by atoms with E-state index in [1.54, 1.807) is 0 Å². The van der Waals surface area contributed by atoms with Crippen LogP contribution in [-0.4, -0.2) is 35.9 Å². The van der Waals surface area contributed by atoms with Crippen LogP contribution in [0, 0.1) is 11.8 Å². The quantitative estimate of drug-likeness (QED) is 0.567. The Morgan fingerprint density at radius 3 is 2.41 bits per heavy atom. The molecule has 0 aromatic heterocycles. The molecule has 0 spiro atoms. The first-order valence-corrected chi connectivity index (χ1v) is 6.78. The molecule has 0 amide bonds. The Bertz CT molecular complexity index is 213. The number of hydrogen-bond acceptors (Lipinski definition) is 3. The van der Waals surface area contributed by atoms with Gasteiger partial charge in [0.25, 0.3) is 0 Å². The maximum atomic E-state index is 10.8. The van der Waals surface area contributed by atoms with Crippen molar-refractivity contribution in [2.75, 3.05) is 19.7 Å². The van der Waals surface area contributed by atoms with Gasteiger partial charge in [0.1, 0.15) is 0 Å². The van der Waals surface area contributed by atoms with E-state index < -0.39 is 5.97 Å². The predicted octanol–water partition coefficient (Wildman–Crippen LogP) is 1.63. The molecule has 1 fully saturated rings. The van der Waals surface area contributed by atoms with Gasteiger partial charge in [0.05, 0.1) is 5.92 Å². The standard InChI is InChI=1S/C13H25NO3/c15-9-3-1-2-8-14-10-11-4-6-12(7-5-11)13(16)17/h11-12,14-15H,1-10H2,(H,16,17). The summed E-state index contributed by atoms with van der Waals surface area (Å²) < 4.78 is 0. The van der Waals surface area contributed by atoms with Gasteiger partial charge in [0, 0.05) is 6.61 Å². The largest absolute Gasteiger partial charge is 0.481 e. The molecule has 1 saturated carbocycles. The second-order valence-corrected chi connectivity index (χ2v) is 5.04. The first-order chi connectivity index (χ1) is 8.24. The third kappa shape index (κ3) is 6.03. The van der Waals surface area contributed by atoms with Crippen molar-refractivity contribution in [3.05, 3.63) is 0 Å². The van der Waals surface area contributed by atoms with Crippen LogP contribution in [0.1, 0.15) is 44.9 Å². The van der Waals surface area contributed by atoms with Crippen molar-refractivity contribution in [1.82, 2.24) is 5.32 Å². The van der Waals surface area contributed by atoms with Gasteiger partial charge in [-0.3, -0.25) is 4.79 Å². The lowest BCUT2D eigenvalue weighted by Gasteiger charge is -2.26. The van der Waals surface area contributed by atoms with Crippen LogP contribution in [0.2, 0.25) is 0 Å². The van der Waals surface area contributed by atoms with E-state index in [-0.39, 0.29) is 5.92 Å². The first-order valence-electron chi connectivity index (χ1n) is 6.78. The van der Waals surface area contributed by atoms with Crippen LogP contribution in [0.4, 0.5) is 0 Å². The number of carboxylic acids is 1. The molecular formula is C13H25NO3. The number of hydrogen-bond donors (Lipinski definition) is 3. The highest BCUT2D eigenvalue weighted by molar-refractivity contribution is 5.69. The number of carboxylic acid groups (broad SMARTS) is 1. The molecule has 0 aliphatic heterocycles. The average molecular weight is 243 g/mol. The fraction of sp³-hybridized carbons (Fsp3) is 0.923. The molecule has 1 aliphatic carbocycles. The molecule has 100 valence electrons. The number of unbranched alkanes of at least 4 members (excludes halogenated alkanes) is 2. The van der Waals surface area contributed by atoms with E-state index in [1.165, 1.54) is 0 Å². The van der Waals surface area contributed by atoms with Crippen molar-refractivity contribution < 1.29 is 15.0 Å². The van der Waals surface area contributed by atoms with Gasteiger partial charge in [0.15, 0.2) is 0 Å². The average Bonchev–Trinajstić information content (AvgIpc) is 2.34. The number of aliphatic carboxylic acids is 1. The van der Waals surface area contributed by atoms with Gasteiger partial charge in [-0.2, -0.15) is 0 Å². The molecule has 0 radical (unpaired) electrons. The second kappa shape index (κ2) is 8.48. The summed E-state index contributed by atoms with van der Waals surface area (Å²) in [5.41, 5.74) is 0. The SMILES string of the molecule is O=C(O)C1CCC(CNCCCCCO)CC1. The van der Waals surface area contributed by atoms with E-state index in [0.29, 0.717) is 12.5 Å². The van der Waals surface area contributed by atoms with Crippen molar-refractivity contribution in [2.24, 2.45) is 11.8 Å². The molecule has 4 nitrogen and oxygen atoms in total. The van der Waals surface area contributed by atoms with Gasteiger partial charge in [-0.25, -0.2) is 0 Å². The van der Waals surface area contributed by atoms with Crippen molar-refractivity contribution in [1.29, 1.82) is 0 Å². The molecule has 0 aromatic carbocycles. The zero-order valence-electron chi connectivity index (χ0n) is 10.5. The molecule has 0 bridgehead atoms. The number of nitrogens with one attached hydrogen (secondary N) is 1. The van der Waals surface area contributed by atoms with Crippen LogP contribution in [0.5, 0.6) is 0 Å². The minimum atomic E-state index is -0.625. The summed E-state index contributed by atoms with van der Waals surface area (Å²) in [7, 11) is 0. The Morgan fingerprint density at radius 1 is 1.12 bits per heavy atom. The Balaban J connectivity index is 1.97. The molecular weight excluding hydrogens is 218 g/mol. The number of rotatable bonds is 8. The van der Waals surface area contributed by atoms with Crippen LogP contribution in [0.15, 0.2) is 0 Å². The number of aliphatic hydroxyl groups is 1. The number of carbonyl (C=O) groups is 1. The maximum Gasteiger partial charge on any atom is 0.306 e. The summed E-state index contributed by atoms with van der Waals surface area (Å²) in [6.45, 7) is 2.32. The van der Waals surface area contributed by atoms with E-state index in [0.717, 1.165) is 58.0 Å². The molecule has 0 saturated heterocycles. The van der Waals surface area contributed by atoms with Gasteiger partial charge in [-0.1, -0.05) is 0 Å². The summed E-state index contributed by atoms with van der Waals surface area (Å²) in [4.78, 5) is 10.8. The van der Waals surface area contributed by atoms with E-state index in [4.69, 9.17) is 10.2 Å². The lowest BCUT2D eigenvalue weighted by atomic mass is 9.82. The Kier molecular flexibility index (Phi) is 7.21. The van der Waals surface area contributed by atoms with Gasteiger partial charge < -0.3 is 15.5 Å². The normalized spacial score (nSPS) is 24.8. The molecule has 17 heavy (non-hydrogen) atoms. The van der Waals surface area contributed by atoms with E-state index in [1.807, 2.05) is 0 Å². The van der Waals surface area contributed by atoms with Crippen molar-refractivity contribution in [3.63, 3.8) is 0 Å². The van der Waals surface area contributed by atoms with Crippen molar-refractivity contribution >= 4 is 5.97 Å². The summed E-state index contributed by atoms with van der Waals surface area (Å²) in [5.74, 6) is -0.0698. The Labute approximate surface area is 103 Å². The van der Waals surface area contributed by atoms with Crippen molar-refractivity contribution in [2.45, 2.75) is 44.9 Å². The minimum absolute atomic E-state index is 0.101. The molecule has 0 unspecified atom stereocenters. The van der Waals surface area contributed by atoms with E-state index in [2.05, 4.69) is 5.32 Å². The Morgan fingerprint density at radius 2 is 1.82 bits per heavy atom. The highest BCUT2D eigenvalue weighted by Crippen LogP contribution is 2.28. The molecule has 0 aromatic rings. The smallest absolute Gasteiger partial charge is 0.306 e. The molecule has 4 heteroatoms. The van der Waals surface area contributed by atoms with Gasteiger partial charge in [0.2, 0.25) is 0 Å².